The Labute approximate surface area is 130 Å². The van der Waals surface area contributed by atoms with Crippen molar-refractivity contribution < 1.29 is 45.8 Å². The number of rotatable bonds is 5. The fourth-order valence-corrected chi connectivity index (χ4v) is 1.63. The molecule has 0 aliphatic rings. The lowest BCUT2D eigenvalue weighted by Gasteiger charge is -2.16. The van der Waals surface area contributed by atoms with E-state index in [2.05, 4.69) is 0 Å². The zero-order valence-corrected chi connectivity index (χ0v) is 11.5. The highest BCUT2D eigenvalue weighted by molar-refractivity contribution is 6.00. The minimum absolute atomic E-state index is 0.0172. The number of hydrogen-bond acceptors (Lipinski definition) is 3. The van der Waals surface area contributed by atoms with E-state index in [1.165, 1.54) is 5.32 Å². The van der Waals surface area contributed by atoms with Gasteiger partial charge in [-0.25, -0.2) is 4.79 Å². The summed E-state index contributed by atoms with van der Waals surface area (Å²) in [5.74, 6) is -6.34. The number of hydrogen-bond donors (Lipinski definition) is 2. The number of carboxylic acids is 1. The third kappa shape index (κ3) is 5.25. The zero-order chi connectivity index (χ0) is 18.7. The van der Waals surface area contributed by atoms with Crippen LogP contribution >= 0.6 is 0 Å². The number of halogens is 6. The van der Waals surface area contributed by atoms with E-state index in [0.717, 1.165) is 24.3 Å². The maximum Gasteiger partial charge on any atom is 0.471 e. The van der Waals surface area contributed by atoms with Crippen LogP contribution in [0.15, 0.2) is 24.3 Å². The van der Waals surface area contributed by atoms with Crippen LogP contribution in [0.25, 0.3) is 0 Å². The van der Waals surface area contributed by atoms with E-state index in [1.807, 2.05) is 0 Å². The molecule has 1 aromatic carbocycles. The van der Waals surface area contributed by atoms with E-state index in [-0.39, 0.29) is 5.56 Å². The van der Waals surface area contributed by atoms with Crippen LogP contribution in [0.5, 0.6) is 0 Å². The summed E-state index contributed by atoms with van der Waals surface area (Å²) in [5, 5.41) is 10.1. The van der Waals surface area contributed by atoms with E-state index in [0.29, 0.717) is 0 Å². The van der Waals surface area contributed by atoms with Crippen molar-refractivity contribution in [3.63, 3.8) is 0 Å². The number of aliphatic carboxylic acids is 1. The molecular formula is C13H9F6NO4. The molecule has 24 heavy (non-hydrogen) atoms. The molecule has 1 amide bonds. The van der Waals surface area contributed by atoms with Gasteiger partial charge in [-0.15, -0.1) is 0 Å². The molecule has 132 valence electrons. The van der Waals surface area contributed by atoms with Crippen molar-refractivity contribution in [2.45, 2.75) is 24.8 Å². The molecule has 0 fully saturated rings. The third-order valence-electron chi connectivity index (χ3n) is 2.77. The third-order valence-corrected chi connectivity index (χ3v) is 2.77. The number of nitrogens with one attached hydrogen (secondary N) is 1. The number of carboxylic acid groups (broad SMARTS) is 1. The van der Waals surface area contributed by atoms with Crippen molar-refractivity contribution in [2.24, 2.45) is 0 Å². The van der Waals surface area contributed by atoms with E-state index in [9.17, 15) is 40.7 Å². The van der Waals surface area contributed by atoms with Gasteiger partial charge in [0.2, 0.25) is 0 Å². The van der Waals surface area contributed by atoms with E-state index in [4.69, 9.17) is 5.11 Å². The monoisotopic (exact) mass is 357 g/mol. The summed E-state index contributed by atoms with van der Waals surface area (Å²) in [4.78, 5) is 32.6. The maximum absolute atomic E-state index is 12.2. The quantitative estimate of drug-likeness (QED) is 0.625. The molecule has 0 bridgehead atoms. The molecule has 0 saturated heterocycles. The first-order chi connectivity index (χ1) is 10.8. The maximum atomic E-state index is 12.2. The number of benzene rings is 1. The molecule has 0 aliphatic heterocycles. The summed E-state index contributed by atoms with van der Waals surface area (Å²) < 4.78 is 73.0. The standard InChI is InChI=1S/C13H9F6NO4/c14-12(15,16)9(21)7-3-1-6(2-4-7)5-8(10(22)23)20-11(24)13(17,18)19/h1-4,8H,5H2,(H,20,24)(H,22,23)/t8-/m0/s1. The van der Waals surface area contributed by atoms with Crippen LogP contribution in [0.3, 0.4) is 0 Å². The Morgan fingerprint density at radius 1 is 0.958 bits per heavy atom. The van der Waals surface area contributed by atoms with Gasteiger partial charge in [0.05, 0.1) is 0 Å². The molecule has 1 atom stereocenters. The lowest BCUT2D eigenvalue weighted by Crippen LogP contribution is -2.47. The van der Waals surface area contributed by atoms with Crippen molar-refractivity contribution in [1.29, 1.82) is 0 Å². The number of ketones is 1. The molecular weight excluding hydrogens is 348 g/mol. The fraction of sp³-hybridized carbons (Fsp3) is 0.308. The van der Waals surface area contributed by atoms with Crippen LogP contribution in [0.1, 0.15) is 15.9 Å². The Morgan fingerprint density at radius 3 is 1.83 bits per heavy atom. The average molecular weight is 357 g/mol. The zero-order valence-electron chi connectivity index (χ0n) is 11.5. The minimum atomic E-state index is -5.28. The van der Waals surface area contributed by atoms with Crippen LogP contribution in [0.4, 0.5) is 26.3 Å². The Bertz CT molecular complexity index is 635. The molecule has 0 spiro atoms. The number of Topliss-reactive ketones (excluding diaryl/α,β-unsaturated/α-hetero) is 1. The second kappa shape index (κ2) is 6.89. The van der Waals surface area contributed by atoms with Crippen LogP contribution in [-0.4, -0.2) is 41.2 Å². The van der Waals surface area contributed by atoms with Crippen LogP contribution in [-0.2, 0) is 16.0 Å². The Hall–Kier alpha value is -2.59. The van der Waals surface area contributed by atoms with Crippen LogP contribution < -0.4 is 5.32 Å². The number of carbonyl (C=O) groups excluding carboxylic acids is 2. The second-order valence-electron chi connectivity index (χ2n) is 4.59. The van der Waals surface area contributed by atoms with Crippen LogP contribution in [0, 0.1) is 0 Å². The minimum Gasteiger partial charge on any atom is -0.480 e. The smallest absolute Gasteiger partial charge is 0.471 e. The summed E-state index contributed by atoms with van der Waals surface area (Å²) in [6, 6.07) is 1.48. The molecule has 2 N–H and O–H groups in total. The summed E-state index contributed by atoms with van der Waals surface area (Å²) in [7, 11) is 0. The first-order valence-corrected chi connectivity index (χ1v) is 6.13. The highest BCUT2D eigenvalue weighted by Gasteiger charge is 2.41. The van der Waals surface area contributed by atoms with Gasteiger partial charge >= 0.3 is 24.2 Å². The van der Waals surface area contributed by atoms with Gasteiger partial charge in [0.25, 0.3) is 5.78 Å². The van der Waals surface area contributed by atoms with Crippen molar-refractivity contribution in [3.05, 3.63) is 35.4 Å². The molecule has 0 radical (unpaired) electrons. The van der Waals surface area contributed by atoms with Gasteiger partial charge in [0.15, 0.2) is 0 Å². The van der Waals surface area contributed by atoms with Crippen molar-refractivity contribution in [3.8, 4) is 0 Å². The molecule has 0 unspecified atom stereocenters. The molecule has 11 heteroatoms. The van der Waals surface area contributed by atoms with Gasteiger partial charge < -0.3 is 10.4 Å². The van der Waals surface area contributed by atoms with Gasteiger partial charge in [0.1, 0.15) is 6.04 Å². The molecule has 0 saturated carbocycles. The molecule has 0 aliphatic carbocycles. The molecule has 0 aromatic heterocycles. The predicted octanol–water partition coefficient (Wildman–Crippen LogP) is 2.11. The van der Waals surface area contributed by atoms with Gasteiger partial charge in [0, 0.05) is 12.0 Å². The fourth-order valence-electron chi connectivity index (χ4n) is 1.63. The number of alkyl halides is 6. The normalized spacial score (nSPS) is 13.2. The lowest BCUT2D eigenvalue weighted by atomic mass is 10.0. The van der Waals surface area contributed by atoms with Gasteiger partial charge in [-0.2, -0.15) is 26.3 Å². The van der Waals surface area contributed by atoms with Gasteiger partial charge in [-0.1, -0.05) is 24.3 Å². The highest BCUT2D eigenvalue weighted by Crippen LogP contribution is 2.22. The SMILES string of the molecule is O=C(O)[C@H](Cc1ccc(C(=O)C(F)(F)F)cc1)NC(=O)C(F)(F)F. The Balaban J connectivity index is 2.88. The highest BCUT2D eigenvalue weighted by atomic mass is 19.4. The average Bonchev–Trinajstić information content (AvgIpc) is 2.44. The lowest BCUT2D eigenvalue weighted by molar-refractivity contribution is -0.175. The first kappa shape index (κ1) is 19.5. The second-order valence-corrected chi connectivity index (χ2v) is 4.59. The van der Waals surface area contributed by atoms with Crippen LogP contribution in [0.2, 0.25) is 0 Å². The van der Waals surface area contributed by atoms with Gasteiger partial charge in [-0.05, 0) is 5.56 Å². The topological polar surface area (TPSA) is 83.5 Å². The van der Waals surface area contributed by atoms with Gasteiger partial charge in [-0.3, -0.25) is 9.59 Å². The number of amides is 1. The summed E-state index contributed by atoms with van der Waals surface area (Å²) in [5.41, 5.74) is -0.693. The first-order valence-electron chi connectivity index (χ1n) is 6.13. The predicted molar refractivity (Wildman–Crippen MR) is 66.2 cm³/mol. The van der Waals surface area contributed by atoms with Crippen molar-refractivity contribution in [2.75, 3.05) is 0 Å². The Morgan fingerprint density at radius 2 is 1.46 bits per heavy atom. The van der Waals surface area contributed by atoms with Crippen molar-refractivity contribution in [1.82, 2.24) is 5.32 Å². The molecule has 1 rings (SSSR count). The van der Waals surface area contributed by atoms with E-state index >= 15 is 0 Å². The molecule has 1 aromatic rings. The Kier molecular flexibility index (Phi) is 5.58. The summed E-state index contributed by atoms with van der Waals surface area (Å²) >= 11 is 0. The molecule has 0 heterocycles. The van der Waals surface area contributed by atoms with E-state index in [1.54, 1.807) is 0 Å². The summed E-state index contributed by atoms with van der Waals surface area (Å²) in [6.07, 6.45) is -11.0. The molecule has 5 nitrogen and oxygen atoms in total. The van der Waals surface area contributed by atoms with Crippen molar-refractivity contribution >= 4 is 17.7 Å². The number of carbonyl (C=O) groups is 3. The van der Waals surface area contributed by atoms with E-state index < -0.39 is 48.0 Å². The summed E-state index contributed by atoms with van der Waals surface area (Å²) in [6.45, 7) is 0. The largest absolute Gasteiger partial charge is 0.480 e.